The van der Waals surface area contributed by atoms with Gasteiger partial charge in [0.25, 0.3) is 11.1 Å². The third-order valence-corrected chi connectivity index (χ3v) is 24.7. The van der Waals surface area contributed by atoms with Gasteiger partial charge in [-0.2, -0.15) is 42.9 Å². The summed E-state index contributed by atoms with van der Waals surface area (Å²) in [6.45, 7) is 0. The van der Waals surface area contributed by atoms with Crippen LogP contribution >= 0.6 is 36.1 Å². The zero-order chi connectivity index (χ0) is 97.0. The van der Waals surface area contributed by atoms with E-state index in [1.54, 1.807) is 0 Å². The van der Waals surface area contributed by atoms with E-state index in [1.165, 1.54) is 105 Å². The van der Waals surface area contributed by atoms with Gasteiger partial charge in [0.15, 0.2) is 23.1 Å². The Morgan fingerprint density at radius 1 is 0.342 bits per heavy atom. The van der Waals surface area contributed by atoms with Crippen LogP contribution in [-0.4, -0.2) is 125 Å². The van der Waals surface area contributed by atoms with Gasteiger partial charge in [-0.1, -0.05) is 72.8 Å². The number of nitrogens with one attached hydrogen (secondary N) is 6. The Kier molecular flexibility index (Phi) is 47.8. The molecule has 0 radical (unpaired) electrons. The largest absolute Gasteiger partial charge is 1.00 e. The second kappa shape index (κ2) is 54.2. The summed E-state index contributed by atoms with van der Waals surface area (Å²) in [4.78, 5) is 159. The number of ether oxygens (including phenoxy) is 2. The van der Waals surface area contributed by atoms with Gasteiger partial charge < -0.3 is 109 Å². The Hall–Kier alpha value is -5.98. The van der Waals surface area contributed by atoms with Gasteiger partial charge in [0, 0.05) is 85.4 Å². The summed E-state index contributed by atoms with van der Waals surface area (Å²) in [7, 11) is -14.4. The van der Waals surface area contributed by atoms with E-state index in [1.807, 2.05) is 0 Å². The van der Waals surface area contributed by atoms with Gasteiger partial charge >= 0.3 is 308 Å². The molecule has 0 fully saturated rings. The van der Waals surface area contributed by atoms with Crippen molar-refractivity contribution in [2.45, 2.75) is 29.4 Å². The number of fused-ring (bicyclic) bond motifs is 4. The first kappa shape index (κ1) is 129. The molecular formula is C82H42N14Na10O34S6. The maximum absolute atomic E-state index is 15.2. The molecule has 690 valence electrons. The molecule has 2 aliphatic carbocycles. The molecule has 48 nitrogen and oxygen atoms in total. The van der Waals surface area contributed by atoms with E-state index >= 15 is 9.59 Å². The summed E-state index contributed by atoms with van der Waals surface area (Å²) in [6.07, 6.45) is 0. The van der Waals surface area contributed by atoms with Crippen molar-refractivity contribution in [2.24, 2.45) is 14.1 Å². The summed E-state index contributed by atoms with van der Waals surface area (Å²) in [5.74, 6) is -16.7. The second-order valence-electron chi connectivity index (χ2n) is 28.3. The molecule has 4 heterocycles. The SMILES string of the molecule is Cn1c(=O)c(C(=O)c2cccc(SOO[O-])c2)c2c3c(c(Nc4cc(Nc5nc(NNc6nc(Nc7cc(Nc8ccc9c%10c8C(=O)c8ccccc8-c%10c(C(=O)c8cccc(S(=O)(=O)[O-])c8)c(=O)n9C)c(S(=O)(=O)[O-])cc7SOO[O-])nc(Oc7cc(C(=O)[O-])cc(C(=O)[O-])c7)n6)nc(Oc6cc(C(=O)[O-])cc(C(=O)[O-])c6)n5)c(S(=O)(=O)[O-])cc4SOO[O-])ccc31)C(=O)c1ccccc1-2.[Na+].[Na+].[Na+].[Na+].[Na+].[Na+].[Na+].[Na+].[Na+].[Na+]. The van der Waals surface area contributed by atoms with Crippen molar-refractivity contribution in [3.05, 3.63) is 269 Å². The maximum Gasteiger partial charge on any atom is 1.00 e. The first-order chi connectivity index (χ1) is 64.8. The number of aryl methyl sites for hydroxylation is 2. The summed E-state index contributed by atoms with van der Waals surface area (Å²) in [5, 5.41) is 104. The van der Waals surface area contributed by atoms with Gasteiger partial charge in [-0.15, -0.1) is 0 Å². The molecule has 64 heteroatoms. The van der Waals surface area contributed by atoms with Crippen LogP contribution in [0.15, 0.2) is 221 Å². The number of pyridine rings is 2. The number of nitrogens with zero attached hydrogens (tertiary/aromatic N) is 8. The monoisotopic (exact) mass is 2190 g/mol. The number of ketones is 4. The van der Waals surface area contributed by atoms with Crippen LogP contribution in [0.5, 0.6) is 23.5 Å². The van der Waals surface area contributed by atoms with Crippen LogP contribution in [0.4, 0.5) is 57.9 Å². The van der Waals surface area contributed by atoms with Gasteiger partial charge in [0.1, 0.15) is 41.9 Å². The van der Waals surface area contributed by atoms with Gasteiger partial charge in [-0.3, -0.25) is 54.7 Å². The minimum atomic E-state index is -5.86. The molecule has 2 aliphatic rings. The normalized spacial score (nSPS) is 11.2. The van der Waals surface area contributed by atoms with Gasteiger partial charge in [0.2, 0.25) is 23.8 Å². The molecule has 0 unspecified atom stereocenters. The number of hydrazine groups is 1. The molecule has 14 aromatic rings. The van der Waals surface area contributed by atoms with Crippen LogP contribution in [0.3, 0.4) is 0 Å². The molecule has 0 spiro atoms. The van der Waals surface area contributed by atoms with E-state index in [0.717, 1.165) is 51.6 Å². The van der Waals surface area contributed by atoms with E-state index in [4.69, 9.17) is 9.47 Å². The standard InChI is InChI=1S/C82H52N14O34S6.10Na/c1-95-53-19-17-47(61-63(53)59(43-13-3-5-15-45(43)69(61)99)65(71(95)101)67(97)33-9-7-11-41(27-33)131-128-125-111)83-49-29-52(58(136(120,121)122)31-55(49)132-129-126-112)86-78-88-80(92-82(90-78)124-40-25-37(75(107)108)22-38(26-40)76(109)110)94-93-79-87-77(89-81(91-79)123-39-23-35(73(103)104)21-36(24-39)74(105)106)85-50-30-51(57(135(117,118)119)32-56(50)133-130-127-113)84-48-18-20-54-64-60(44-14-4-6-16-46(44)70(100)62(48)64)66(72(102)96(54)2)68(98)34-10-8-12-42(28-34)134(114,115)116;;;;;;;;;;/h3-32,83-84,111-113H,1-2H3,(H,103,104)(H,105,106)(H,107,108)(H,109,110)(H,114,115,116)(H,117,118,119)(H,120,121,122)(H2,85,87,89,91,93)(H2,86,88,90,92,94);;;;;;;;;;/q;10*+1/p-10. The second-order valence-corrected chi connectivity index (χ2v) is 34.6. The van der Waals surface area contributed by atoms with Crippen LogP contribution in [0.25, 0.3) is 44.1 Å². The summed E-state index contributed by atoms with van der Waals surface area (Å²) in [6, 6.07) is 30.5. The van der Waals surface area contributed by atoms with Crippen molar-refractivity contribution in [1.82, 2.24) is 39.0 Å². The number of anilines is 10. The fourth-order valence-corrected chi connectivity index (χ4v) is 17.9. The number of rotatable bonds is 35. The smallest absolute Gasteiger partial charge is 0.744 e. The van der Waals surface area contributed by atoms with Crippen LogP contribution in [0, 0.1) is 0 Å². The molecule has 0 aliphatic heterocycles. The molecule has 16 rings (SSSR count). The molecule has 0 saturated carbocycles. The summed E-state index contributed by atoms with van der Waals surface area (Å²) in [5.41, 5.74) is -6.55. The Morgan fingerprint density at radius 2 is 0.692 bits per heavy atom. The van der Waals surface area contributed by atoms with Crippen LogP contribution in [0.1, 0.15) is 105 Å². The van der Waals surface area contributed by atoms with Crippen molar-refractivity contribution < 1.29 is 447 Å². The zero-order valence-corrected chi connectivity index (χ0v) is 102. The van der Waals surface area contributed by atoms with E-state index in [0.29, 0.717) is 60.6 Å². The number of carboxylic acids is 4. The number of aromatic carboxylic acids is 4. The molecule has 0 bridgehead atoms. The Balaban J connectivity index is 0.00000326. The maximum atomic E-state index is 15.2. The molecule has 6 N–H and O–H groups in total. The third kappa shape index (κ3) is 27.9. The predicted molar refractivity (Wildman–Crippen MR) is 447 cm³/mol. The minimum Gasteiger partial charge on any atom is -0.744 e. The van der Waals surface area contributed by atoms with Crippen molar-refractivity contribution in [2.75, 3.05) is 32.1 Å². The number of benzene rings is 10. The Bertz CT molecular complexity index is 8080. The quantitative estimate of drug-likeness (QED) is 0.00536. The molecule has 0 amide bonds. The average molecular weight is 2190 g/mol. The zero-order valence-electron chi connectivity index (χ0n) is 77.2. The molecule has 0 saturated heterocycles. The minimum absolute atomic E-state index is 0. The molecule has 146 heavy (non-hydrogen) atoms. The summed E-state index contributed by atoms with van der Waals surface area (Å²) < 4.78 is 146. The number of carbonyl (C=O) groups excluding carboxylic acids is 8. The fraction of sp³-hybridized carbons (Fsp3) is 0.0244. The molecule has 10 aromatic carbocycles. The molecule has 0 atom stereocenters. The van der Waals surface area contributed by atoms with Crippen LogP contribution in [-0.2, 0) is 72.6 Å². The van der Waals surface area contributed by atoms with Crippen molar-refractivity contribution in [1.29, 1.82) is 0 Å². The fourth-order valence-electron chi connectivity index (χ4n) is 14.6. The topological polar surface area (TPSA) is 737 Å². The Morgan fingerprint density at radius 3 is 1.08 bits per heavy atom. The third-order valence-electron chi connectivity index (χ3n) is 20.3. The van der Waals surface area contributed by atoms with E-state index in [2.05, 4.69) is 90.1 Å². The van der Waals surface area contributed by atoms with Gasteiger partial charge in [0.05, 0.1) is 152 Å². The van der Waals surface area contributed by atoms with Crippen LogP contribution in [0.2, 0.25) is 0 Å². The number of hydrogen-bond donors (Lipinski definition) is 6. The van der Waals surface area contributed by atoms with Crippen molar-refractivity contribution >= 4 is 193 Å². The predicted octanol–water partition coefficient (Wildman–Crippen LogP) is -27.5. The number of carbonyl (C=O) groups is 8. The first-order valence-corrected chi connectivity index (χ1v) is 44.0. The number of hydrogen-bond acceptors (Lipinski definition) is 49. The van der Waals surface area contributed by atoms with Gasteiger partial charge in [-0.25, -0.2) is 25.3 Å². The average Bonchev–Trinajstić information content (AvgIpc) is 0.707. The summed E-state index contributed by atoms with van der Waals surface area (Å²) >= 11 is 0.325. The van der Waals surface area contributed by atoms with Crippen molar-refractivity contribution in [3.8, 4) is 45.8 Å². The number of carboxylic acid groups (broad SMARTS) is 4. The van der Waals surface area contributed by atoms with Crippen molar-refractivity contribution in [3.63, 3.8) is 0 Å². The van der Waals surface area contributed by atoms with E-state index in [9.17, 15) is 113 Å². The molecule has 4 aromatic heterocycles. The van der Waals surface area contributed by atoms with Gasteiger partial charge in [-0.05, 0) is 120 Å². The molecular weight excluding hydrogens is 2150 g/mol. The van der Waals surface area contributed by atoms with Crippen LogP contribution < -0.4 is 384 Å². The number of aromatic nitrogens is 8. The Labute approximate surface area is 1050 Å². The first-order valence-electron chi connectivity index (χ1n) is 37.5. The van der Waals surface area contributed by atoms with E-state index < -0.39 is 228 Å². The van der Waals surface area contributed by atoms with E-state index in [-0.39, 0.29) is 402 Å².